The van der Waals surface area contributed by atoms with Crippen LogP contribution in [0.1, 0.15) is 31.1 Å². The van der Waals surface area contributed by atoms with Crippen LogP contribution in [-0.4, -0.2) is 39.8 Å². The van der Waals surface area contributed by atoms with Crippen LogP contribution in [0.4, 0.5) is 11.6 Å². The van der Waals surface area contributed by atoms with E-state index in [1.54, 1.807) is 35.5 Å². The van der Waals surface area contributed by atoms with Crippen LogP contribution < -0.4 is 11.1 Å². The molecule has 0 spiro atoms. The number of hydrogen-bond acceptors (Lipinski definition) is 5. The first-order valence-electron chi connectivity index (χ1n) is 7.75. The predicted octanol–water partition coefficient (Wildman–Crippen LogP) is 2.17. The molecule has 2 aromatic rings. The summed E-state index contributed by atoms with van der Waals surface area (Å²) in [4.78, 5) is 33.6. The molecule has 0 aliphatic rings. The van der Waals surface area contributed by atoms with Crippen molar-refractivity contribution in [2.24, 2.45) is 0 Å². The third-order valence-electron chi connectivity index (χ3n) is 3.60. The molecule has 0 saturated carbocycles. The molecule has 0 fully saturated rings. The number of nitrogens with one attached hydrogen (secondary N) is 1. The number of nitrogens with zero attached hydrogens (tertiary/aromatic N) is 3. The molecule has 2 heterocycles. The van der Waals surface area contributed by atoms with Crippen LogP contribution in [0, 0.1) is 0 Å². The average molecular weight is 327 g/mol. The molecule has 2 rings (SSSR count). The molecule has 0 radical (unpaired) electrons. The van der Waals surface area contributed by atoms with Gasteiger partial charge in [-0.1, -0.05) is 0 Å². The molecule has 0 aromatic carbocycles. The van der Waals surface area contributed by atoms with E-state index in [0.717, 1.165) is 11.1 Å². The second kappa shape index (κ2) is 7.54. The van der Waals surface area contributed by atoms with E-state index in [0.29, 0.717) is 24.5 Å². The lowest BCUT2D eigenvalue weighted by Crippen LogP contribution is -2.31. The van der Waals surface area contributed by atoms with Crippen molar-refractivity contribution in [3.63, 3.8) is 0 Å². The van der Waals surface area contributed by atoms with Gasteiger partial charge in [-0.2, -0.15) is 0 Å². The van der Waals surface area contributed by atoms with Gasteiger partial charge in [-0.3, -0.25) is 9.59 Å². The van der Waals surface area contributed by atoms with Gasteiger partial charge >= 0.3 is 0 Å². The fourth-order valence-electron chi connectivity index (χ4n) is 2.34. The van der Waals surface area contributed by atoms with Crippen LogP contribution in [0.25, 0.3) is 11.1 Å². The molecule has 0 saturated heterocycles. The Labute approximate surface area is 140 Å². The second-order valence-electron chi connectivity index (χ2n) is 5.25. The zero-order valence-corrected chi connectivity index (χ0v) is 14.0. The fourth-order valence-corrected chi connectivity index (χ4v) is 2.34. The van der Waals surface area contributed by atoms with Crippen molar-refractivity contribution in [1.82, 2.24) is 14.9 Å². The molecule has 126 valence electrons. The summed E-state index contributed by atoms with van der Waals surface area (Å²) in [5.74, 6) is 0.288. The number of amides is 2. The number of carbonyl (C=O) groups excluding carboxylic acids is 2. The summed E-state index contributed by atoms with van der Waals surface area (Å²) in [5, 5.41) is 2.63. The van der Waals surface area contributed by atoms with Crippen LogP contribution in [0.5, 0.6) is 0 Å². The van der Waals surface area contributed by atoms with Gasteiger partial charge in [-0.15, -0.1) is 0 Å². The van der Waals surface area contributed by atoms with E-state index in [1.807, 2.05) is 13.8 Å². The first kappa shape index (κ1) is 17.4. The quantitative estimate of drug-likeness (QED) is 0.876. The smallest absolute Gasteiger partial charge is 0.257 e. The maximum atomic E-state index is 12.6. The summed E-state index contributed by atoms with van der Waals surface area (Å²) in [5.41, 5.74) is 7.77. The molecule has 2 aromatic heterocycles. The highest BCUT2D eigenvalue weighted by Gasteiger charge is 2.17. The number of carbonyl (C=O) groups is 2. The zero-order valence-electron chi connectivity index (χ0n) is 14.0. The summed E-state index contributed by atoms with van der Waals surface area (Å²) in [6.07, 6.45) is 3.18. The number of nitrogens with two attached hydrogens (primary N) is 1. The van der Waals surface area contributed by atoms with Gasteiger partial charge in [0.05, 0.1) is 5.56 Å². The molecule has 7 nitrogen and oxygen atoms in total. The fraction of sp³-hybridized carbons (Fsp3) is 0.294. The zero-order chi connectivity index (χ0) is 17.7. The van der Waals surface area contributed by atoms with Crippen molar-refractivity contribution >= 4 is 23.5 Å². The molecular weight excluding hydrogens is 306 g/mol. The number of rotatable bonds is 5. The second-order valence-corrected chi connectivity index (χ2v) is 5.25. The summed E-state index contributed by atoms with van der Waals surface area (Å²) in [6, 6.07) is 5.22. The van der Waals surface area contributed by atoms with Crippen molar-refractivity contribution in [3.8, 4) is 11.1 Å². The Kier molecular flexibility index (Phi) is 5.47. The van der Waals surface area contributed by atoms with Gasteiger partial charge in [0.1, 0.15) is 11.6 Å². The molecule has 24 heavy (non-hydrogen) atoms. The van der Waals surface area contributed by atoms with Crippen molar-refractivity contribution in [1.29, 1.82) is 0 Å². The molecule has 0 unspecified atom stereocenters. The highest BCUT2D eigenvalue weighted by Crippen LogP contribution is 2.24. The topological polar surface area (TPSA) is 101 Å². The molecule has 3 N–H and O–H groups in total. The van der Waals surface area contributed by atoms with Gasteiger partial charge in [-0.05, 0) is 37.6 Å². The van der Waals surface area contributed by atoms with Crippen LogP contribution in [0.3, 0.4) is 0 Å². The van der Waals surface area contributed by atoms with Gasteiger partial charge in [0, 0.05) is 38.0 Å². The summed E-state index contributed by atoms with van der Waals surface area (Å²) in [7, 11) is 0. The lowest BCUT2D eigenvalue weighted by atomic mass is 10.1. The minimum atomic E-state index is -0.201. The van der Waals surface area contributed by atoms with Crippen molar-refractivity contribution < 1.29 is 9.59 Å². The van der Waals surface area contributed by atoms with Gasteiger partial charge in [0.25, 0.3) is 5.91 Å². The highest BCUT2D eigenvalue weighted by molar-refractivity contribution is 5.99. The number of aromatic nitrogens is 2. The minimum Gasteiger partial charge on any atom is -0.383 e. The Morgan fingerprint density at radius 3 is 2.50 bits per heavy atom. The third kappa shape index (κ3) is 3.87. The minimum absolute atomic E-state index is 0.150. The van der Waals surface area contributed by atoms with E-state index < -0.39 is 0 Å². The molecule has 0 aliphatic carbocycles. The Bertz CT molecular complexity index is 756. The molecule has 0 bridgehead atoms. The van der Waals surface area contributed by atoms with Crippen molar-refractivity contribution in [2.45, 2.75) is 20.8 Å². The number of hydrogen-bond donors (Lipinski definition) is 2. The van der Waals surface area contributed by atoms with Gasteiger partial charge < -0.3 is 16.0 Å². The standard InChI is InChI=1S/C17H21N5O2/c1-4-22(5-2)17(24)14-8-13(10-20-16(14)18)12-6-7-19-15(9-12)21-11(3)23/h6-10H,4-5H2,1-3H3,(H2,18,20)(H,19,21,23). The van der Waals surface area contributed by atoms with Crippen LogP contribution in [-0.2, 0) is 4.79 Å². The Morgan fingerprint density at radius 1 is 1.17 bits per heavy atom. The first-order valence-corrected chi connectivity index (χ1v) is 7.75. The van der Waals surface area contributed by atoms with Crippen molar-refractivity contribution in [2.75, 3.05) is 24.1 Å². The molecule has 0 atom stereocenters. The van der Waals surface area contributed by atoms with Crippen LogP contribution in [0.15, 0.2) is 30.6 Å². The summed E-state index contributed by atoms with van der Waals surface area (Å²) < 4.78 is 0. The largest absolute Gasteiger partial charge is 0.383 e. The maximum Gasteiger partial charge on any atom is 0.257 e. The number of anilines is 2. The van der Waals surface area contributed by atoms with Crippen LogP contribution in [0.2, 0.25) is 0 Å². The lowest BCUT2D eigenvalue weighted by molar-refractivity contribution is -0.114. The van der Waals surface area contributed by atoms with Crippen LogP contribution >= 0.6 is 0 Å². The average Bonchev–Trinajstić information content (AvgIpc) is 2.56. The van der Waals surface area contributed by atoms with Crippen molar-refractivity contribution in [3.05, 3.63) is 36.2 Å². The lowest BCUT2D eigenvalue weighted by Gasteiger charge is -2.19. The molecular formula is C17H21N5O2. The highest BCUT2D eigenvalue weighted by atomic mass is 16.2. The number of pyridine rings is 2. The van der Waals surface area contributed by atoms with Gasteiger partial charge in [-0.25, -0.2) is 9.97 Å². The van der Waals surface area contributed by atoms with Gasteiger partial charge in [0.2, 0.25) is 5.91 Å². The van der Waals surface area contributed by atoms with E-state index in [4.69, 9.17) is 5.73 Å². The summed E-state index contributed by atoms with van der Waals surface area (Å²) in [6.45, 7) is 6.44. The van der Waals surface area contributed by atoms with E-state index in [9.17, 15) is 9.59 Å². The molecule has 7 heteroatoms. The molecule has 2 amide bonds. The normalized spacial score (nSPS) is 10.3. The molecule has 0 aliphatic heterocycles. The first-order chi connectivity index (χ1) is 11.5. The third-order valence-corrected chi connectivity index (χ3v) is 3.60. The maximum absolute atomic E-state index is 12.6. The van der Waals surface area contributed by atoms with E-state index in [-0.39, 0.29) is 17.6 Å². The Morgan fingerprint density at radius 2 is 1.88 bits per heavy atom. The Balaban J connectivity index is 2.41. The number of nitrogen functional groups attached to an aromatic ring is 1. The van der Waals surface area contributed by atoms with E-state index in [2.05, 4.69) is 15.3 Å². The summed E-state index contributed by atoms with van der Waals surface area (Å²) >= 11 is 0. The SMILES string of the molecule is CCN(CC)C(=O)c1cc(-c2ccnc(NC(C)=O)c2)cnc1N. The predicted molar refractivity (Wildman–Crippen MR) is 93.4 cm³/mol. The van der Waals surface area contributed by atoms with E-state index in [1.165, 1.54) is 6.92 Å². The van der Waals surface area contributed by atoms with E-state index >= 15 is 0 Å². The Hall–Kier alpha value is -2.96. The monoisotopic (exact) mass is 327 g/mol. The van der Waals surface area contributed by atoms with Gasteiger partial charge in [0.15, 0.2) is 0 Å².